The van der Waals surface area contributed by atoms with Crippen LogP contribution in [0.3, 0.4) is 0 Å². The molecule has 1 heterocycles. The number of allylic oxidation sites excluding steroid dienone is 1. The van der Waals surface area contributed by atoms with Gasteiger partial charge in [0.05, 0.1) is 6.61 Å². The van der Waals surface area contributed by atoms with E-state index in [0.29, 0.717) is 0 Å². The van der Waals surface area contributed by atoms with Crippen LogP contribution in [0, 0.1) is 0 Å². The van der Waals surface area contributed by atoms with Crippen molar-refractivity contribution < 1.29 is 4.74 Å². The number of benzene rings is 1. The maximum Gasteiger partial charge on any atom is 0.123 e. The second kappa shape index (κ2) is 3.25. The van der Waals surface area contributed by atoms with Crippen LogP contribution in [0.5, 0.6) is 5.75 Å². The van der Waals surface area contributed by atoms with E-state index in [2.05, 4.69) is 31.7 Å². The monoisotopic (exact) mass is 174 g/mol. The molecule has 1 aromatic carbocycles. The van der Waals surface area contributed by atoms with Gasteiger partial charge < -0.3 is 4.74 Å². The number of hydrogen-bond donors (Lipinski definition) is 0. The first-order chi connectivity index (χ1) is 6.31. The van der Waals surface area contributed by atoms with Gasteiger partial charge in [0, 0.05) is 6.42 Å². The van der Waals surface area contributed by atoms with Crippen LogP contribution in [0.15, 0.2) is 24.8 Å². The molecule has 1 heteroatoms. The molecule has 0 aromatic heterocycles. The normalized spacial score (nSPS) is 13.6. The Labute approximate surface area is 79.0 Å². The fraction of sp³-hybridized carbons (Fsp3) is 0.333. The first-order valence-corrected chi connectivity index (χ1v) is 4.75. The fourth-order valence-corrected chi connectivity index (χ4v) is 1.59. The third-order valence-electron chi connectivity index (χ3n) is 2.53. The van der Waals surface area contributed by atoms with E-state index >= 15 is 0 Å². The number of fused-ring (bicyclic) bond motifs is 1. The highest BCUT2D eigenvalue weighted by atomic mass is 16.5. The van der Waals surface area contributed by atoms with Crippen LogP contribution in [-0.2, 0) is 6.42 Å². The summed E-state index contributed by atoms with van der Waals surface area (Å²) < 4.78 is 5.49. The van der Waals surface area contributed by atoms with Crippen LogP contribution >= 0.6 is 0 Å². The van der Waals surface area contributed by atoms with Gasteiger partial charge in [-0.3, -0.25) is 0 Å². The van der Waals surface area contributed by atoms with Gasteiger partial charge in [-0.1, -0.05) is 25.6 Å². The minimum atomic E-state index is 0.831. The lowest BCUT2D eigenvalue weighted by atomic mass is 10.0. The van der Waals surface area contributed by atoms with Crippen LogP contribution in [0.25, 0.3) is 5.57 Å². The van der Waals surface area contributed by atoms with Crippen molar-refractivity contribution in [3.05, 3.63) is 35.9 Å². The summed E-state index contributed by atoms with van der Waals surface area (Å²) in [5.41, 5.74) is 3.72. The van der Waals surface area contributed by atoms with Crippen LogP contribution in [0.4, 0.5) is 0 Å². The van der Waals surface area contributed by atoms with E-state index in [9.17, 15) is 0 Å². The molecule has 0 atom stereocenters. The minimum absolute atomic E-state index is 0.831. The van der Waals surface area contributed by atoms with Gasteiger partial charge in [0.15, 0.2) is 0 Å². The average Bonchev–Trinajstić information content (AvgIpc) is 2.63. The molecule has 1 nitrogen and oxygen atoms in total. The molecular weight excluding hydrogens is 160 g/mol. The maximum atomic E-state index is 5.49. The summed E-state index contributed by atoms with van der Waals surface area (Å²) in [6.45, 7) is 6.97. The van der Waals surface area contributed by atoms with Crippen molar-refractivity contribution in [2.75, 3.05) is 6.61 Å². The van der Waals surface area contributed by atoms with Gasteiger partial charge in [-0.15, -0.1) is 0 Å². The zero-order valence-electron chi connectivity index (χ0n) is 7.97. The van der Waals surface area contributed by atoms with Gasteiger partial charge in [-0.25, -0.2) is 0 Å². The molecule has 0 N–H and O–H groups in total. The van der Waals surface area contributed by atoms with Gasteiger partial charge in [-0.05, 0) is 29.2 Å². The summed E-state index contributed by atoms with van der Waals surface area (Å²) in [5, 5.41) is 0. The molecule has 1 aromatic rings. The Morgan fingerprint density at radius 2 is 2.38 bits per heavy atom. The van der Waals surface area contributed by atoms with Crippen molar-refractivity contribution >= 4 is 5.57 Å². The average molecular weight is 174 g/mol. The van der Waals surface area contributed by atoms with Crippen LogP contribution in [0.1, 0.15) is 24.5 Å². The molecule has 1 aliphatic heterocycles. The van der Waals surface area contributed by atoms with Crippen LogP contribution < -0.4 is 4.74 Å². The summed E-state index contributed by atoms with van der Waals surface area (Å²) in [4.78, 5) is 0. The molecule has 0 aliphatic carbocycles. The summed E-state index contributed by atoms with van der Waals surface area (Å²) in [6, 6.07) is 6.39. The summed E-state index contributed by atoms with van der Waals surface area (Å²) in [5.74, 6) is 1.05. The third kappa shape index (κ3) is 1.46. The molecule has 0 unspecified atom stereocenters. The standard InChI is InChI=1S/C12H14O/c1-3-9(2)11-5-4-10-6-7-13-12(10)8-11/h4-5,8H,2-3,6-7H2,1H3. The smallest absolute Gasteiger partial charge is 0.123 e. The van der Waals surface area contributed by atoms with Crippen molar-refractivity contribution in [3.63, 3.8) is 0 Å². The Hall–Kier alpha value is -1.24. The Morgan fingerprint density at radius 3 is 3.15 bits per heavy atom. The lowest BCUT2D eigenvalue weighted by Gasteiger charge is -2.05. The minimum Gasteiger partial charge on any atom is -0.493 e. The van der Waals surface area contributed by atoms with Gasteiger partial charge in [0.2, 0.25) is 0 Å². The lowest BCUT2D eigenvalue weighted by molar-refractivity contribution is 0.356. The summed E-state index contributed by atoms with van der Waals surface area (Å²) >= 11 is 0. The third-order valence-corrected chi connectivity index (χ3v) is 2.53. The van der Waals surface area contributed by atoms with Crippen LogP contribution in [-0.4, -0.2) is 6.61 Å². The zero-order chi connectivity index (χ0) is 9.26. The van der Waals surface area contributed by atoms with E-state index in [1.807, 2.05) is 0 Å². The number of hydrogen-bond acceptors (Lipinski definition) is 1. The van der Waals surface area contributed by atoms with E-state index in [0.717, 1.165) is 25.2 Å². The highest BCUT2D eigenvalue weighted by molar-refractivity contribution is 5.65. The van der Waals surface area contributed by atoms with Gasteiger partial charge in [0.25, 0.3) is 0 Å². The Bertz CT molecular complexity index is 339. The van der Waals surface area contributed by atoms with E-state index in [4.69, 9.17) is 4.74 Å². The van der Waals surface area contributed by atoms with E-state index in [-0.39, 0.29) is 0 Å². The van der Waals surface area contributed by atoms with Gasteiger partial charge in [-0.2, -0.15) is 0 Å². The molecule has 0 saturated carbocycles. The summed E-state index contributed by atoms with van der Waals surface area (Å²) in [7, 11) is 0. The molecule has 0 saturated heterocycles. The fourth-order valence-electron chi connectivity index (χ4n) is 1.59. The quantitative estimate of drug-likeness (QED) is 0.669. The van der Waals surface area contributed by atoms with E-state index < -0.39 is 0 Å². The van der Waals surface area contributed by atoms with Crippen LogP contribution in [0.2, 0.25) is 0 Å². The Morgan fingerprint density at radius 1 is 1.54 bits per heavy atom. The van der Waals surface area contributed by atoms with Crippen molar-refractivity contribution in [3.8, 4) is 5.75 Å². The van der Waals surface area contributed by atoms with Gasteiger partial charge in [0.1, 0.15) is 5.75 Å². The van der Waals surface area contributed by atoms with E-state index in [1.165, 1.54) is 16.7 Å². The largest absolute Gasteiger partial charge is 0.493 e. The Balaban J connectivity index is 2.36. The predicted octanol–water partition coefficient (Wildman–Crippen LogP) is 3.04. The van der Waals surface area contributed by atoms with Crippen molar-refractivity contribution in [2.24, 2.45) is 0 Å². The molecule has 2 rings (SSSR count). The van der Waals surface area contributed by atoms with E-state index in [1.54, 1.807) is 0 Å². The number of ether oxygens (including phenoxy) is 1. The zero-order valence-corrected chi connectivity index (χ0v) is 7.97. The topological polar surface area (TPSA) is 9.23 Å². The highest BCUT2D eigenvalue weighted by Crippen LogP contribution is 2.29. The molecule has 0 fully saturated rings. The molecule has 0 radical (unpaired) electrons. The Kier molecular flexibility index (Phi) is 2.09. The second-order valence-corrected chi connectivity index (χ2v) is 3.38. The SMILES string of the molecule is C=C(CC)c1ccc2c(c1)OCC2. The van der Waals surface area contributed by atoms with Crippen molar-refractivity contribution in [1.29, 1.82) is 0 Å². The molecule has 0 spiro atoms. The first kappa shape index (κ1) is 8.36. The van der Waals surface area contributed by atoms with Crippen molar-refractivity contribution in [1.82, 2.24) is 0 Å². The number of rotatable bonds is 2. The molecule has 0 amide bonds. The molecular formula is C12H14O. The highest BCUT2D eigenvalue weighted by Gasteiger charge is 2.12. The molecule has 1 aliphatic rings. The predicted molar refractivity (Wildman–Crippen MR) is 55.0 cm³/mol. The summed E-state index contributed by atoms with van der Waals surface area (Å²) in [6.07, 6.45) is 2.05. The maximum absolute atomic E-state index is 5.49. The first-order valence-electron chi connectivity index (χ1n) is 4.75. The lowest BCUT2D eigenvalue weighted by Crippen LogP contribution is -1.86. The molecule has 13 heavy (non-hydrogen) atoms. The molecule has 0 bridgehead atoms. The van der Waals surface area contributed by atoms with Crippen molar-refractivity contribution in [2.45, 2.75) is 19.8 Å². The second-order valence-electron chi connectivity index (χ2n) is 3.38. The molecule has 68 valence electrons. The van der Waals surface area contributed by atoms with Gasteiger partial charge >= 0.3 is 0 Å².